The van der Waals surface area contributed by atoms with E-state index < -0.39 is 23.0 Å². The molecule has 0 saturated carbocycles. The van der Waals surface area contributed by atoms with Gasteiger partial charge >= 0.3 is 5.69 Å². The molecule has 224 valence electrons. The molecule has 0 saturated heterocycles. The molecule has 2 N–H and O–H groups in total. The zero-order valence-corrected chi connectivity index (χ0v) is 25.0. The van der Waals surface area contributed by atoms with Crippen LogP contribution in [0.4, 0.5) is 21.8 Å². The van der Waals surface area contributed by atoms with Crippen molar-refractivity contribution >= 4 is 40.8 Å². The number of amidine groups is 1. The van der Waals surface area contributed by atoms with E-state index in [1.807, 2.05) is 17.9 Å². The number of aliphatic imine (C=N–C) groups is 1. The molecule has 11 nitrogen and oxygen atoms in total. The van der Waals surface area contributed by atoms with Gasteiger partial charge in [-0.25, -0.2) is 18.7 Å². The molecule has 44 heavy (non-hydrogen) atoms. The molecule has 0 unspecified atom stereocenters. The fraction of sp³-hybridized carbons (Fsp3) is 0.250. The van der Waals surface area contributed by atoms with Crippen LogP contribution in [0.3, 0.4) is 0 Å². The number of rotatable bonds is 6. The average Bonchev–Trinajstić information content (AvgIpc) is 3.49. The van der Waals surface area contributed by atoms with Gasteiger partial charge in [0.05, 0.1) is 17.9 Å². The Kier molecular flexibility index (Phi) is 7.20. The lowest BCUT2D eigenvalue weighted by Crippen LogP contribution is -2.42. The molecule has 0 bridgehead atoms. The van der Waals surface area contributed by atoms with Crippen LogP contribution in [-0.4, -0.2) is 51.0 Å². The Hall–Kier alpha value is -5.39. The van der Waals surface area contributed by atoms with Crippen molar-refractivity contribution in [3.63, 3.8) is 0 Å². The first-order valence-electron chi connectivity index (χ1n) is 14.2. The van der Waals surface area contributed by atoms with Gasteiger partial charge in [-0.05, 0) is 69.2 Å². The van der Waals surface area contributed by atoms with Gasteiger partial charge in [0.15, 0.2) is 0 Å². The van der Waals surface area contributed by atoms with Crippen molar-refractivity contribution in [2.45, 2.75) is 33.7 Å². The normalized spacial score (nSPS) is 13.8. The molecule has 0 fully saturated rings. The molecule has 0 spiro atoms. The topological polar surface area (TPSA) is 127 Å². The second kappa shape index (κ2) is 11.0. The van der Waals surface area contributed by atoms with Gasteiger partial charge in [-0.1, -0.05) is 17.7 Å². The van der Waals surface area contributed by atoms with Crippen LogP contribution in [0.5, 0.6) is 0 Å². The molecular weight excluding hydrogens is 563 g/mol. The summed E-state index contributed by atoms with van der Waals surface area (Å²) in [4.78, 5) is 56.1. The molecule has 12 heteroatoms. The van der Waals surface area contributed by atoms with Crippen molar-refractivity contribution in [2.75, 3.05) is 35.7 Å². The molecule has 1 amide bonds. The number of nitrogens with one attached hydrogen (secondary N) is 2. The Morgan fingerprint density at radius 1 is 1.09 bits per heavy atom. The Morgan fingerprint density at radius 3 is 2.55 bits per heavy atom. The smallest absolute Gasteiger partial charge is 0.335 e. The number of hydrogen-bond donors (Lipinski definition) is 2. The van der Waals surface area contributed by atoms with Crippen LogP contribution in [0.25, 0.3) is 17.3 Å². The number of carbonyl (C=O) groups excluding carboxylic acids is 1. The molecular formula is C32H31FN8O3. The highest BCUT2D eigenvalue weighted by Crippen LogP contribution is 2.37. The first-order chi connectivity index (χ1) is 21.1. The minimum atomic E-state index is -0.838. The quantitative estimate of drug-likeness (QED) is 0.343. The van der Waals surface area contributed by atoms with Gasteiger partial charge in [-0.3, -0.25) is 19.1 Å². The fourth-order valence-corrected chi connectivity index (χ4v) is 5.39. The van der Waals surface area contributed by atoms with Crippen LogP contribution < -0.4 is 26.8 Å². The van der Waals surface area contributed by atoms with Crippen LogP contribution in [0.2, 0.25) is 0 Å². The average molecular weight is 595 g/mol. The van der Waals surface area contributed by atoms with Crippen LogP contribution in [0.1, 0.15) is 52.5 Å². The molecule has 2 aliphatic rings. The lowest BCUT2D eigenvalue weighted by Gasteiger charge is -2.28. The molecule has 0 atom stereocenters. The predicted octanol–water partition coefficient (Wildman–Crippen LogP) is 4.19. The van der Waals surface area contributed by atoms with Gasteiger partial charge in [0.25, 0.3) is 11.5 Å². The van der Waals surface area contributed by atoms with Crippen molar-refractivity contribution in [3.8, 4) is 5.69 Å². The largest absolute Gasteiger partial charge is 0.357 e. The monoisotopic (exact) mass is 594 g/mol. The van der Waals surface area contributed by atoms with Gasteiger partial charge in [-0.15, -0.1) is 0 Å². The minimum absolute atomic E-state index is 0.113. The SMILES string of the molecule is CNc1ncc2c(n1)N1CCN=C1C(c1cc(NC(=O)c3cn(C(C)C)c(=O)n(-c4ccc(C)cc4)c3=O)c(F)cc1C)=C2. The van der Waals surface area contributed by atoms with Crippen LogP contribution in [0.15, 0.2) is 63.4 Å². The molecule has 4 heterocycles. The Labute approximate surface area is 252 Å². The van der Waals surface area contributed by atoms with E-state index in [1.54, 1.807) is 58.3 Å². The molecule has 4 aromatic rings. The second-order valence-electron chi connectivity index (χ2n) is 11.0. The zero-order valence-electron chi connectivity index (χ0n) is 25.0. The number of amides is 1. The summed E-state index contributed by atoms with van der Waals surface area (Å²) < 4.78 is 17.7. The maximum absolute atomic E-state index is 15.4. The number of carbonyl (C=O) groups is 1. The van der Waals surface area contributed by atoms with Gasteiger partial charge in [0.1, 0.15) is 23.0 Å². The summed E-state index contributed by atoms with van der Waals surface area (Å²) in [6, 6.07) is 9.36. The highest BCUT2D eigenvalue weighted by atomic mass is 19.1. The van der Waals surface area contributed by atoms with E-state index in [9.17, 15) is 14.4 Å². The van der Waals surface area contributed by atoms with Crippen molar-refractivity contribution in [1.82, 2.24) is 19.1 Å². The van der Waals surface area contributed by atoms with E-state index in [-0.39, 0.29) is 17.3 Å². The zero-order chi connectivity index (χ0) is 31.3. The maximum Gasteiger partial charge on any atom is 0.335 e. The maximum atomic E-state index is 15.4. The third-order valence-electron chi connectivity index (χ3n) is 7.72. The summed E-state index contributed by atoms with van der Waals surface area (Å²) in [5.74, 6) is 0.396. The number of nitrogens with zero attached hydrogens (tertiary/aromatic N) is 6. The minimum Gasteiger partial charge on any atom is -0.357 e. The van der Waals surface area contributed by atoms with Crippen LogP contribution in [-0.2, 0) is 0 Å². The van der Waals surface area contributed by atoms with Crippen molar-refractivity contribution in [1.29, 1.82) is 0 Å². The van der Waals surface area contributed by atoms with Gasteiger partial charge in [0, 0.05) is 43.2 Å². The fourth-order valence-electron chi connectivity index (χ4n) is 5.39. The van der Waals surface area contributed by atoms with Crippen LogP contribution in [0, 0.1) is 19.7 Å². The first-order valence-corrected chi connectivity index (χ1v) is 14.2. The van der Waals surface area contributed by atoms with Crippen molar-refractivity contribution in [2.24, 2.45) is 4.99 Å². The number of aryl methyl sites for hydroxylation is 2. The number of anilines is 3. The third kappa shape index (κ3) is 4.87. The van der Waals surface area contributed by atoms with E-state index in [0.717, 1.165) is 27.1 Å². The summed E-state index contributed by atoms with van der Waals surface area (Å²) in [7, 11) is 1.75. The van der Waals surface area contributed by atoms with E-state index in [2.05, 4.69) is 20.6 Å². The molecule has 0 aliphatic carbocycles. The van der Waals surface area contributed by atoms with Crippen LogP contribution >= 0.6 is 0 Å². The Morgan fingerprint density at radius 2 is 1.84 bits per heavy atom. The Balaban J connectivity index is 1.42. The number of halogens is 1. The van der Waals surface area contributed by atoms with Gasteiger partial charge in [-0.2, -0.15) is 4.98 Å². The molecule has 0 radical (unpaired) electrons. The Bertz CT molecular complexity index is 2010. The van der Waals surface area contributed by atoms with E-state index >= 15 is 4.39 Å². The summed E-state index contributed by atoms with van der Waals surface area (Å²) in [5.41, 5.74) is 2.29. The molecule has 6 rings (SSSR count). The summed E-state index contributed by atoms with van der Waals surface area (Å²) in [6.45, 7) is 8.40. The first kappa shape index (κ1) is 28.7. The lowest BCUT2D eigenvalue weighted by molar-refractivity contribution is 0.102. The van der Waals surface area contributed by atoms with Crippen molar-refractivity contribution < 1.29 is 9.18 Å². The molecule has 2 aromatic heterocycles. The lowest BCUT2D eigenvalue weighted by atomic mass is 9.94. The summed E-state index contributed by atoms with van der Waals surface area (Å²) in [6.07, 6.45) is 4.85. The number of benzene rings is 2. The third-order valence-corrected chi connectivity index (χ3v) is 7.72. The van der Waals surface area contributed by atoms with Crippen molar-refractivity contribution in [3.05, 3.63) is 103 Å². The number of fused-ring (bicyclic) bond motifs is 3. The summed E-state index contributed by atoms with van der Waals surface area (Å²) in [5, 5.41) is 5.54. The second-order valence-corrected chi connectivity index (χ2v) is 11.0. The standard InChI is InChI=1S/C32H31FN8O3/c1-17(2)40-16-24(30(43)41(32(40)44)21-8-6-18(3)7-9-21)29(42)37-26-14-22(19(4)12-25(26)33)23-13-20-15-36-31(34-5)38-27(20)39-11-10-35-28(23)39/h6-9,12-17H,10-11H2,1-5H3,(H,37,42)(H,34,36,38). The van der Waals surface area contributed by atoms with E-state index in [1.165, 1.54) is 22.9 Å². The summed E-state index contributed by atoms with van der Waals surface area (Å²) >= 11 is 0. The number of aromatic nitrogens is 4. The highest BCUT2D eigenvalue weighted by Gasteiger charge is 2.31. The highest BCUT2D eigenvalue weighted by molar-refractivity contribution is 6.36. The molecule has 2 aromatic carbocycles. The number of hydrogen-bond acceptors (Lipinski definition) is 8. The predicted molar refractivity (Wildman–Crippen MR) is 170 cm³/mol. The van der Waals surface area contributed by atoms with E-state index in [4.69, 9.17) is 4.99 Å². The van der Waals surface area contributed by atoms with Gasteiger partial charge < -0.3 is 15.5 Å². The van der Waals surface area contributed by atoms with E-state index in [0.29, 0.717) is 41.7 Å². The molecule has 2 aliphatic heterocycles. The van der Waals surface area contributed by atoms with Gasteiger partial charge in [0.2, 0.25) is 5.95 Å².